The molecule has 4 bridgehead atoms. The number of amides is 2. The van der Waals surface area contributed by atoms with E-state index >= 15 is 0 Å². The molecule has 34 heavy (non-hydrogen) atoms. The number of carbonyl (C=O) groups excluding carboxylic acids is 2. The highest BCUT2D eigenvalue weighted by molar-refractivity contribution is 6.35. The maximum absolute atomic E-state index is 12.8. The van der Waals surface area contributed by atoms with E-state index in [9.17, 15) is 9.59 Å². The lowest BCUT2D eigenvalue weighted by molar-refractivity contribution is -0.151. The third kappa shape index (κ3) is 4.65. The van der Waals surface area contributed by atoms with Crippen LogP contribution in [-0.2, 0) is 16.0 Å². The number of rotatable bonds is 7. The third-order valence-corrected chi connectivity index (χ3v) is 9.99. The molecule has 2 heterocycles. The molecule has 4 aliphatic carbocycles. The van der Waals surface area contributed by atoms with Gasteiger partial charge in [0.15, 0.2) is 0 Å². The second kappa shape index (κ2) is 9.29. The van der Waals surface area contributed by atoms with Crippen LogP contribution in [0.4, 0.5) is 0 Å². The Labute approximate surface area is 204 Å². The number of nitrogens with zero attached hydrogens (tertiary/aromatic N) is 2. The predicted octanol–water partition coefficient (Wildman–Crippen LogP) is 3.87. The molecule has 6 aliphatic rings. The second-order valence-corrected chi connectivity index (χ2v) is 12.5. The summed E-state index contributed by atoms with van der Waals surface area (Å²) < 4.78 is 0. The van der Waals surface area contributed by atoms with Gasteiger partial charge in [-0.2, -0.15) is 0 Å². The zero-order chi connectivity index (χ0) is 23.1. The summed E-state index contributed by atoms with van der Waals surface area (Å²) in [6.07, 6.45) is 13.6. The summed E-state index contributed by atoms with van der Waals surface area (Å²) in [5, 5.41) is 2.81. The molecule has 0 unspecified atom stereocenters. The Morgan fingerprint density at radius 3 is 2.21 bits per heavy atom. The molecular weight excluding hydrogens is 422 g/mol. The number of carbonyl (C=O) groups is 2. The van der Waals surface area contributed by atoms with Gasteiger partial charge in [-0.15, -0.1) is 0 Å². The van der Waals surface area contributed by atoms with E-state index in [4.69, 9.17) is 0 Å². The molecule has 5 nitrogen and oxygen atoms in total. The first-order valence-electron chi connectivity index (χ1n) is 13.9. The fraction of sp³-hybridized carbons (Fsp3) is 0.724. The van der Waals surface area contributed by atoms with Gasteiger partial charge in [0.25, 0.3) is 0 Å². The minimum Gasteiger partial charge on any atom is -0.346 e. The summed E-state index contributed by atoms with van der Waals surface area (Å²) in [7, 11) is 0. The summed E-state index contributed by atoms with van der Waals surface area (Å²) in [4.78, 5) is 29.5. The first-order chi connectivity index (χ1) is 16.6. The standard InChI is InChI=1S/C29H41N3O2/c33-27-28(34)32(26(19-30-27)15-21-4-2-1-3-5-21)20-22-6-9-31(10-7-22)11-8-29-16-23-12-24(17-29)14-25(13-23)18-29/h1-5,22-26H,6-20H2,(H,30,33)/t23?,24?,25?,26-,29?/m0/s1. The maximum atomic E-state index is 12.8. The van der Waals surface area contributed by atoms with Crippen molar-refractivity contribution in [2.45, 2.75) is 70.3 Å². The molecule has 2 amide bonds. The van der Waals surface area contributed by atoms with Crippen LogP contribution in [0, 0.1) is 29.1 Å². The largest absolute Gasteiger partial charge is 0.346 e. The Hall–Kier alpha value is -1.88. The van der Waals surface area contributed by atoms with E-state index in [2.05, 4.69) is 22.3 Å². The molecule has 1 N–H and O–H groups in total. The number of benzene rings is 1. The Bertz CT molecular complexity index is 857. The van der Waals surface area contributed by atoms with Crippen LogP contribution in [0.25, 0.3) is 0 Å². The van der Waals surface area contributed by atoms with Crippen molar-refractivity contribution in [3.63, 3.8) is 0 Å². The highest BCUT2D eigenvalue weighted by Gasteiger charge is 2.50. The first kappa shape index (κ1) is 22.6. The van der Waals surface area contributed by atoms with Crippen molar-refractivity contribution in [1.29, 1.82) is 0 Å². The van der Waals surface area contributed by atoms with E-state index in [0.29, 0.717) is 17.9 Å². The average molecular weight is 464 g/mol. The minimum absolute atomic E-state index is 0.0571. The number of piperidine rings is 1. The Morgan fingerprint density at radius 1 is 0.912 bits per heavy atom. The Kier molecular flexibility index (Phi) is 6.17. The van der Waals surface area contributed by atoms with Crippen LogP contribution < -0.4 is 5.32 Å². The molecule has 2 aliphatic heterocycles. The highest BCUT2D eigenvalue weighted by atomic mass is 16.2. The van der Waals surface area contributed by atoms with Crippen molar-refractivity contribution >= 4 is 11.8 Å². The van der Waals surface area contributed by atoms with Gasteiger partial charge in [0.2, 0.25) is 0 Å². The zero-order valence-corrected chi connectivity index (χ0v) is 20.6. The van der Waals surface area contributed by atoms with Crippen LogP contribution >= 0.6 is 0 Å². The van der Waals surface area contributed by atoms with Gasteiger partial charge in [0.05, 0.1) is 6.04 Å². The highest BCUT2D eigenvalue weighted by Crippen LogP contribution is 2.61. The van der Waals surface area contributed by atoms with E-state index in [1.54, 1.807) is 0 Å². The Morgan fingerprint density at radius 2 is 1.56 bits per heavy atom. The van der Waals surface area contributed by atoms with Gasteiger partial charge in [-0.25, -0.2) is 0 Å². The fourth-order valence-electron chi connectivity index (χ4n) is 8.66. The van der Waals surface area contributed by atoms with E-state index in [-0.39, 0.29) is 11.9 Å². The summed E-state index contributed by atoms with van der Waals surface area (Å²) in [6, 6.07) is 10.4. The normalized spacial score (nSPS) is 36.2. The van der Waals surface area contributed by atoms with Crippen molar-refractivity contribution in [3.8, 4) is 0 Å². The lowest BCUT2D eigenvalue weighted by Crippen LogP contribution is -2.60. The zero-order valence-electron chi connectivity index (χ0n) is 20.6. The van der Waals surface area contributed by atoms with Gasteiger partial charge in [-0.1, -0.05) is 30.3 Å². The van der Waals surface area contributed by atoms with Crippen molar-refractivity contribution in [2.24, 2.45) is 29.1 Å². The number of piperazine rings is 1. The quantitative estimate of drug-likeness (QED) is 0.625. The summed E-state index contributed by atoms with van der Waals surface area (Å²) in [6.45, 7) is 4.85. The van der Waals surface area contributed by atoms with Gasteiger partial charge < -0.3 is 15.1 Å². The second-order valence-electron chi connectivity index (χ2n) is 12.5. The monoisotopic (exact) mass is 463 g/mol. The van der Waals surface area contributed by atoms with Crippen LogP contribution in [0.3, 0.4) is 0 Å². The van der Waals surface area contributed by atoms with Crippen molar-refractivity contribution in [3.05, 3.63) is 35.9 Å². The van der Waals surface area contributed by atoms with E-state index in [1.807, 2.05) is 23.1 Å². The van der Waals surface area contributed by atoms with E-state index in [1.165, 1.54) is 57.1 Å². The molecule has 184 valence electrons. The number of likely N-dealkylation sites (tertiary alicyclic amines) is 1. The summed E-state index contributed by atoms with van der Waals surface area (Å²) >= 11 is 0. The molecule has 1 aromatic carbocycles. The van der Waals surface area contributed by atoms with Gasteiger partial charge in [0, 0.05) is 13.1 Å². The molecule has 0 aromatic heterocycles. The topological polar surface area (TPSA) is 52.7 Å². The number of hydrogen-bond donors (Lipinski definition) is 1. The number of hydrogen-bond acceptors (Lipinski definition) is 3. The molecule has 4 saturated carbocycles. The fourth-order valence-corrected chi connectivity index (χ4v) is 8.66. The summed E-state index contributed by atoms with van der Waals surface area (Å²) in [5.41, 5.74) is 1.89. The molecule has 0 spiro atoms. The van der Waals surface area contributed by atoms with E-state index < -0.39 is 5.91 Å². The van der Waals surface area contributed by atoms with Crippen LogP contribution in [0.5, 0.6) is 0 Å². The van der Waals surface area contributed by atoms with Gasteiger partial charge >= 0.3 is 11.8 Å². The van der Waals surface area contributed by atoms with Crippen LogP contribution in [0.1, 0.15) is 63.4 Å². The molecule has 5 heteroatoms. The molecule has 6 fully saturated rings. The van der Waals surface area contributed by atoms with Crippen molar-refractivity contribution < 1.29 is 9.59 Å². The van der Waals surface area contributed by atoms with Gasteiger partial charge in [-0.05, 0) is 118 Å². The summed E-state index contributed by atoms with van der Waals surface area (Å²) in [5.74, 6) is 2.86. The lowest BCUT2D eigenvalue weighted by atomic mass is 9.49. The Balaban J connectivity index is 1.01. The molecular formula is C29H41N3O2. The predicted molar refractivity (Wildman–Crippen MR) is 133 cm³/mol. The molecule has 2 saturated heterocycles. The lowest BCUT2D eigenvalue weighted by Gasteiger charge is -2.57. The maximum Gasteiger partial charge on any atom is 0.312 e. The van der Waals surface area contributed by atoms with E-state index in [0.717, 1.165) is 56.7 Å². The molecule has 1 aromatic rings. The van der Waals surface area contributed by atoms with Crippen molar-refractivity contribution in [2.75, 3.05) is 32.7 Å². The minimum atomic E-state index is -0.433. The first-order valence-corrected chi connectivity index (χ1v) is 13.9. The molecule has 7 rings (SSSR count). The van der Waals surface area contributed by atoms with Crippen LogP contribution in [0.15, 0.2) is 30.3 Å². The number of nitrogens with one attached hydrogen (secondary N) is 1. The van der Waals surface area contributed by atoms with Crippen LogP contribution in [0.2, 0.25) is 0 Å². The van der Waals surface area contributed by atoms with Gasteiger partial charge in [-0.3, -0.25) is 9.59 Å². The van der Waals surface area contributed by atoms with Crippen LogP contribution in [-0.4, -0.2) is 60.4 Å². The third-order valence-electron chi connectivity index (χ3n) is 9.99. The SMILES string of the molecule is O=C1NC[C@H](Cc2ccccc2)N(CC2CCN(CCC34CC5CC(CC(C5)C3)C4)CC2)C1=O. The van der Waals surface area contributed by atoms with Gasteiger partial charge in [0.1, 0.15) is 0 Å². The molecule has 1 atom stereocenters. The average Bonchev–Trinajstić information content (AvgIpc) is 2.83. The smallest absolute Gasteiger partial charge is 0.312 e. The van der Waals surface area contributed by atoms with Crippen molar-refractivity contribution in [1.82, 2.24) is 15.1 Å². The molecule has 0 radical (unpaired) electrons.